The molecule has 0 spiro atoms. The van der Waals surface area contributed by atoms with Crippen LogP contribution in [0.15, 0.2) is 109 Å². The van der Waals surface area contributed by atoms with Gasteiger partial charge >= 0.3 is 17.9 Å². The van der Waals surface area contributed by atoms with E-state index in [2.05, 4.69) is 130 Å². The first kappa shape index (κ1) is 78.1. The second-order valence-electron chi connectivity index (χ2n) is 23.0. The van der Waals surface area contributed by atoms with E-state index in [1.807, 2.05) is 0 Å². The first-order chi connectivity index (χ1) is 40.5. The molecule has 6 heteroatoms. The number of rotatable bonds is 63. The van der Waals surface area contributed by atoms with Crippen LogP contribution >= 0.6 is 0 Å². The fourth-order valence-electron chi connectivity index (χ4n) is 9.83. The van der Waals surface area contributed by atoms with Crippen LogP contribution in [-0.4, -0.2) is 37.2 Å². The highest BCUT2D eigenvalue weighted by Crippen LogP contribution is 2.17. The largest absolute Gasteiger partial charge is 0.462 e. The lowest BCUT2D eigenvalue weighted by atomic mass is 10.0. The number of allylic oxidation sites excluding steroid dienone is 18. The summed E-state index contributed by atoms with van der Waals surface area (Å²) >= 11 is 0. The molecule has 1 unspecified atom stereocenters. The Morgan fingerprint density at radius 3 is 0.756 bits per heavy atom. The Balaban J connectivity index is 4.13. The smallest absolute Gasteiger partial charge is 0.306 e. The minimum Gasteiger partial charge on any atom is -0.462 e. The zero-order valence-electron chi connectivity index (χ0n) is 54.0. The van der Waals surface area contributed by atoms with Crippen molar-refractivity contribution < 1.29 is 28.6 Å². The molecular weight excluding hydrogens is 1010 g/mol. The molecule has 0 fully saturated rings. The normalized spacial score (nSPS) is 12.8. The SMILES string of the molecule is CC/C=C\C/C=C\C/C=C\C/C=C\CCCCCCCCCCCCCCCCCCCCCCCCC(=O)OCC(COC(=O)CCCCC/C=C\C/C=C\C/C=C\CC)OC(=O)CCCCCCC/C=C\C/C=C\CCCCCC. The number of hydrogen-bond donors (Lipinski definition) is 0. The summed E-state index contributed by atoms with van der Waals surface area (Å²) in [7, 11) is 0. The summed E-state index contributed by atoms with van der Waals surface area (Å²) in [5, 5.41) is 0. The van der Waals surface area contributed by atoms with Crippen molar-refractivity contribution in [2.75, 3.05) is 13.2 Å². The standard InChI is InChI=1S/C76H130O6/c1-4-7-10-13-16-19-22-25-27-29-30-31-32-33-34-35-36-37-38-39-40-41-42-43-44-45-46-47-49-51-54-57-60-63-66-69-75(78)81-72-73(71-80-74(77)68-65-62-59-56-53-50-24-21-18-15-12-9-6-3)82-76(79)70-67-64-61-58-55-52-48-28-26-23-20-17-14-11-8-5-2/h7,9-10,12,16,18-21,23,25,27-28,30-31,48,50,53,73H,4-6,8,11,13-15,17,22,24,26,29,32-47,49,51-52,54-72H2,1-3H3/b10-7-,12-9-,19-16-,21-18-,23-20-,27-25-,31-30-,48-28-,53-50-. The Morgan fingerprint density at radius 2 is 0.476 bits per heavy atom. The van der Waals surface area contributed by atoms with Crippen LogP contribution in [0.25, 0.3) is 0 Å². The molecule has 0 heterocycles. The van der Waals surface area contributed by atoms with E-state index in [4.69, 9.17) is 14.2 Å². The van der Waals surface area contributed by atoms with E-state index in [-0.39, 0.29) is 31.1 Å². The second-order valence-corrected chi connectivity index (χ2v) is 23.0. The van der Waals surface area contributed by atoms with Crippen LogP contribution in [0.1, 0.15) is 335 Å². The van der Waals surface area contributed by atoms with E-state index in [9.17, 15) is 14.4 Å². The van der Waals surface area contributed by atoms with Crippen molar-refractivity contribution in [1.82, 2.24) is 0 Å². The zero-order chi connectivity index (χ0) is 59.2. The molecule has 470 valence electrons. The molecular formula is C76H130O6. The monoisotopic (exact) mass is 1140 g/mol. The Labute approximate surface area is 508 Å². The predicted molar refractivity (Wildman–Crippen MR) is 357 cm³/mol. The molecule has 0 aliphatic rings. The van der Waals surface area contributed by atoms with Gasteiger partial charge < -0.3 is 14.2 Å². The highest BCUT2D eigenvalue weighted by atomic mass is 16.6. The lowest BCUT2D eigenvalue weighted by Crippen LogP contribution is -2.30. The van der Waals surface area contributed by atoms with Gasteiger partial charge in [0.25, 0.3) is 0 Å². The summed E-state index contributed by atoms with van der Waals surface area (Å²) in [5.41, 5.74) is 0. The third-order valence-corrected chi connectivity index (χ3v) is 15.0. The Bertz CT molecular complexity index is 1640. The van der Waals surface area contributed by atoms with Crippen LogP contribution in [0.5, 0.6) is 0 Å². The summed E-state index contributed by atoms with van der Waals surface area (Å²) < 4.78 is 16.9. The van der Waals surface area contributed by atoms with Gasteiger partial charge in [-0.1, -0.05) is 304 Å². The topological polar surface area (TPSA) is 78.9 Å². The lowest BCUT2D eigenvalue weighted by molar-refractivity contribution is -0.167. The lowest BCUT2D eigenvalue weighted by Gasteiger charge is -2.18. The summed E-state index contributed by atoms with van der Waals surface area (Å²) in [6.07, 6.45) is 95.7. The molecule has 1 atom stereocenters. The van der Waals surface area contributed by atoms with Gasteiger partial charge in [-0.3, -0.25) is 14.4 Å². The van der Waals surface area contributed by atoms with Gasteiger partial charge in [0.15, 0.2) is 6.10 Å². The van der Waals surface area contributed by atoms with Gasteiger partial charge in [-0.2, -0.15) is 0 Å². The van der Waals surface area contributed by atoms with Gasteiger partial charge in [-0.25, -0.2) is 0 Å². The number of unbranched alkanes of at least 4 members (excludes halogenated alkanes) is 34. The number of carbonyl (C=O) groups excluding carboxylic acids is 3. The summed E-state index contributed by atoms with van der Waals surface area (Å²) in [4.78, 5) is 38.3. The molecule has 0 aromatic heterocycles. The van der Waals surface area contributed by atoms with Crippen molar-refractivity contribution in [2.45, 2.75) is 341 Å². The third kappa shape index (κ3) is 66.9. The van der Waals surface area contributed by atoms with E-state index in [1.165, 1.54) is 161 Å². The van der Waals surface area contributed by atoms with Crippen molar-refractivity contribution in [2.24, 2.45) is 0 Å². The van der Waals surface area contributed by atoms with Crippen molar-refractivity contribution in [3.8, 4) is 0 Å². The number of carbonyl (C=O) groups is 3. The highest BCUT2D eigenvalue weighted by Gasteiger charge is 2.19. The van der Waals surface area contributed by atoms with E-state index >= 15 is 0 Å². The van der Waals surface area contributed by atoms with Crippen molar-refractivity contribution in [3.63, 3.8) is 0 Å². The molecule has 0 aromatic carbocycles. The highest BCUT2D eigenvalue weighted by molar-refractivity contribution is 5.71. The van der Waals surface area contributed by atoms with Crippen LogP contribution in [0, 0.1) is 0 Å². The van der Waals surface area contributed by atoms with E-state index in [0.29, 0.717) is 19.3 Å². The number of ether oxygens (including phenoxy) is 3. The predicted octanol–water partition coefficient (Wildman–Crippen LogP) is 24.2. The average molecular weight is 1140 g/mol. The maximum atomic E-state index is 12.9. The number of hydrogen-bond acceptors (Lipinski definition) is 6. The maximum absolute atomic E-state index is 12.9. The van der Waals surface area contributed by atoms with E-state index < -0.39 is 6.10 Å². The Kier molecular flexibility index (Phi) is 66.2. The van der Waals surface area contributed by atoms with Gasteiger partial charge in [-0.05, 0) is 122 Å². The molecule has 82 heavy (non-hydrogen) atoms. The molecule has 0 saturated heterocycles. The third-order valence-electron chi connectivity index (χ3n) is 15.0. The zero-order valence-corrected chi connectivity index (χ0v) is 54.0. The molecule has 0 saturated carbocycles. The summed E-state index contributed by atoms with van der Waals surface area (Å²) in [6, 6.07) is 0. The fraction of sp³-hybridized carbons (Fsp3) is 0.724. The fourth-order valence-corrected chi connectivity index (χ4v) is 9.83. The van der Waals surface area contributed by atoms with Gasteiger partial charge in [0.2, 0.25) is 0 Å². The first-order valence-corrected chi connectivity index (χ1v) is 34.9. The number of esters is 3. The minimum atomic E-state index is -0.797. The Morgan fingerprint density at radius 1 is 0.256 bits per heavy atom. The van der Waals surface area contributed by atoms with Gasteiger partial charge in [-0.15, -0.1) is 0 Å². The van der Waals surface area contributed by atoms with Gasteiger partial charge in [0.1, 0.15) is 13.2 Å². The second kappa shape index (κ2) is 69.6. The van der Waals surface area contributed by atoms with Crippen LogP contribution in [0.3, 0.4) is 0 Å². The van der Waals surface area contributed by atoms with Crippen molar-refractivity contribution >= 4 is 17.9 Å². The molecule has 0 amide bonds. The molecule has 0 aliphatic heterocycles. The average Bonchev–Trinajstić information content (AvgIpc) is 3.47. The molecule has 0 rings (SSSR count). The van der Waals surface area contributed by atoms with Gasteiger partial charge in [0.05, 0.1) is 0 Å². The first-order valence-electron chi connectivity index (χ1n) is 34.9. The van der Waals surface area contributed by atoms with Gasteiger partial charge in [0, 0.05) is 19.3 Å². The molecule has 0 radical (unpaired) electrons. The van der Waals surface area contributed by atoms with Crippen LogP contribution in [0.2, 0.25) is 0 Å². The Hall–Kier alpha value is -3.93. The molecule has 6 nitrogen and oxygen atoms in total. The maximum Gasteiger partial charge on any atom is 0.306 e. The van der Waals surface area contributed by atoms with Crippen molar-refractivity contribution in [3.05, 3.63) is 109 Å². The minimum absolute atomic E-state index is 0.0903. The van der Waals surface area contributed by atoms with Crippen LogP contribution in [-0.2, 0) is 28.6 Å². The van der Waals surface area contributed by atoms with Crippen LogP contribution in [0.4, 0.5) is 0 Å². The summed E-state index contributed by atoms with van der Waals surface area (Å²) in [5.74, 6) is -0.923. The molecule has 0 aliphatic carbocycles. The quantitative estimate of drug-likeness (QED) is 0.0261. The molecule has 0 bridgehead atoms. The van der Waals surface area contributed by atoms with Crippen molar-refractivity contribution in [1.29, 1.82) is 0 Å². The summed E-state index contributed by atoms with van der Waals surface area (Å²) in [6.45, 7) is 6.39. The molecule has 0 aromatic rings. The van der Waals surface area contributed by atoms with E-state index in [0.717, 1.165) is 135 Å². The van der Waals surface area contributed by atoms with Crippen LogP contribution < -0.4 is 0 Å². The van der Waals surface area contributed by atoms with E-state index in [1.54, 1.807) is 0 Å². The molecule has 0 N–H and O–H groups in total.